The molecule has 170 valence electrons. The van der Waals surface area contributed by atoms with E-state index in [2.05, 4.69) is 27.8 Å². The van der Waals surface area contributed by atoms with Gasteiger partial charge in [0.05, 0.1) is 19.1 Å². The molecular formula is C24H31N5O3. The van der Waals surface area contributed by atoms with Crippen LogP contribution in [0.3, 0.4) is 0 Å². The van der Waals surface area contributed by atoms with Crippen LogP contribution in [0.2, 0.25) is 0 Å². The normalized spacial score (nSPS) is 20.8. The van der Waals surface area contributed by atoms with Gasteiger partial charge in [0.15, 0.2) is 5.78 Å². The fraction of sp³-hybridized carbons (Fsp3) is 0.542. The molecule has 32 heavy (non-hydrogen) atoms. The lowest BCUT2D eigenvalue weighted by atomic mass is 9.82. The van der Waals surface area contributed by atoms with E-state index in [4.69, 9.17) is 19.4 Å². The summed E-state index contributed by atoms with van der Waals surface area (Å²) < 4.78 is 11.8. The molecule has 1 aromatic heterocycles. The Morgan fingerprint density at radius 1 is 0.969 bits per heavy atom. The number of piperidine rings is 1. The van der Waals surface area contributed by atoms with Crippen molar-refractivity contribution in [2.24, 2.45) is 0 Å². The fourth-order valence-corrected chi connectivity index (χ4v) is 4.92. The highest BCUT2D eigenvalue weighted by Crippen LogP contribution is 2.41. The summed E-state index contributed by atoms with van der Waals surface area (Å²) in [5.41, 5.74) is 0.206. The van der Waals surface area contributed by atoms with Crippen molar-refractivity contribution in [2.45, 2.75) is 31.8 Å². The molecule has 0 saturated carbocycles. The topological polar surface area (TPSA) is 71.0 Å². The van der Waals surface area contributed by atoms with Crippen LogP contribution >= 0.6 is 0 Å². The first kappa shape index (κ1) is 21.0. The van der Waals surface area contributed by atoms with Crippen molar-refractivity contribution in [1.82, 2.24) is 14.9 Å². The molecule has 4 heterocycles. The van der Waals surface area contributed by atoms with Gasteiger partial charge >= 0.3 is 0 Å². The highest BCUT2D eigenvalue weighted by molar-refractivity contribution is 6.00. The largest absolute Gasteiger partial charge is 0.497 e. The average molecular weight is 438 g/mol. The SMILES string of the molecule is COc1ccc2c(c1)OC1(CCN(c3cc(N4CCN(C)CC4)nc(C)n3)CC1)CC2=O. The van der Waals surface area contributed by atoms with E-state index in [1.807, 2.05) is 25.1 Å². The third-order valence-corrected chi connectivity index (χ3v) is 6.94. The molecule has 0 N–H and O–H groups in total. The van der Waals surface area contributed by atoms with E-state index in [-0.39, 0.29) is 5.78 Å². The molecule has 1 aromatic carbocycles. The Kier molecular flexibility index (Phi) is 5.41. The monoisotopic (exact) mass is 437 g/mol. The number of benzene rings is 1. The van der Waals surface area contributed by atoms with Gasteiger partial charge in [-0.15, -0.1) is 0 Å². The van der Waals surface area contributed by atoms with E-state index in [0.29, 0.717) is 23.5 Å². The molecule has 2 saturated heterocycles. The Bertz CT molecular complexity index is 1010. The first-order valence-electron chi connectivity index (χ1n) is 11.4. The summed E-state index contributed by atoms with van der Waals surface area (Å²) in [6, 6.07) is 7.57. The van der Waals surface area contributed by atoms with Crippen molar-refractivity contribution in [2.75, 3.05) is 63.2 Å². The van der Waals surface area contributed by atoms with Crippen LogP contribution in [0.5, 0.6) is 11.5 Å². The quantitative estimate of drug-likeness (QED) is 0.726. The molecule has 2 aromatic rings. The lowest BCUT2D eigenvalue weighted by molar-refractivity contribution is 0.0229. The number of aryl methyl sites for hydroxylation is 1. The lowest BCUT2D eigenvalue weighted by Gasteiger charge is -2.44. The summed E-state index contributed by atoms with van der Waals surface area (Å²) >= 11 is 0. The number of ketones is 1. The second-order valence-corrected chi connectivity index (χ2v) is 9.16. The van der Waals surface area contributed by atoms with Gasteiger partial charge in [-0.3, -0.25) is 4.79 Å². The summed E-state index contributed by atoms with van der Waals surface area (Å²) in [5, 5.41) is 0. The zero-order valence-corrected chi connectivity index (χ0v) is 19.1. The standard InChI is InChI=1S/C24H31N5O3/c1-17-25-22(15-23(26-17)29-12-10-27(2)11-13-29)28-8-6-24(7-9-28)16-20(30)19-5-4-18(31-3)14-21(19)32-24/h4-5,14-15H,6-13,16H2,1-3H3. The van der Waals surface area contributed by atoms with Crippen LogP contribution in [0.4, 0.5) is 11.6 Å². The number of aromatic nitrogens is 2. The Morgan fingerprint density at radius 2 is 1.62 bits per heavy atom. The Hall–Kier alpha value is -2.87. The highest BCUT2D eigenvalue weighted by atomic mass is 16.5. The first-order valence-corrected chi connectivity index (χ1v) is 11.4. The van der Waals surface area contributed by atoms with E-state index in [9.17, 15) is 4.79 Å². The zero-order valence-electron chi connectivity index (χ0n) is 19.1. The fourth-order valence-electron chi connectivity index (χ4n) is 4.92. The van der Waals surface area contributed by atoms with Crippen molar-refractivity contribution in [3.63, 3.8) is 0 Å². The van der Waals surface area contributed by atoms with Crippen molar-refractivity contribution in [3.05, 3.63) is 35.7 Å². The van der Waals surface area contributed by atoms with Gasteiger partial charge in [0.1, 0.15) is 34.6 Å². The molecule has 1 spiro atoms. The number of ether oxygens (including phenoxy) is 2. The number of hydrogen-bond donors (Lipinski definition) is 0. The second-order valence-electron chi connectivity index (χ2n) is 9.16. The smallest absolute Gasteiger partial charge is 0.170 e. The number of hydrogen-bond acceptors (Lipinski definition) is 8. The minimum atomic E-state index is -0.449. The third kappa shape index (κ3) is 3.99. The second kappa shape index (κ2) is 8.24. The lowest BCUT2D eigenvalue weighted by Crippen LogP contribution is -2.51. The summed E-state index contributed by atoms with van der Waals surface area (Å²) in [7, 11) is 3.78. The van der Waals surface area contributed by atoms with Crippen molar-refractivity contribution < 1.29 is 14.3 Å². The van der Waals surface area contributed by atoms with E-state index in [0.717, 1.165) is 69.6 Å². The maximum atomic E-state index is 12.8. The Morgan fingerprint density at radius 3 is 2.28 bits per heavy atom. The number of rotatable bonds is 3. The molecule has 2 fully saturated rings. The molecule has 0 bridgehead atoms. The minimum Gasteiger partial charge on any atom is -0.497 e. The highest BCUT2D eigenvalue weighted by Gasteiger charge is 2.43. The molecule has 0 atom stereocenters. The summed E-state index contributed by atoms with van der Waals surface area (Å²) in [6.07, 6.45) is 1.99. The number of piperazine rings is 1. The Labute approximate surface area is 189 Å². The van der Waals surface area contributed by atoms with Gasteiger partial charge in [-0.25, -0.2) is 9.97 Å². The van der Waals surface area contributed by atoms with E-state index in [1.54, 1.807) is 7.11 Å². The molecule has 0 radical (unpaired) electrons. The molecule has 0 unspecified atom stereocenters. The van der Waals surface area contributed by atoms with Crippen LogP contribution in [-0.4, -0.2) is 79.7 Å². The van der Waals surface area contributed by atoms with Crippen LogP contribution in [0.1, 0.15) is 35.4 Å². The molecular weight excluding hydrogens is 406 g/mol. The predicted molar refractivity (Wildman–Crippen MR) is 123 cm³/mol. The molecule has 0 aliphatic carbocycles. The van der Waals surface area contributed by atoms with E-state index in [1.165, 1.54) is 0 Å². The van der Waals surface area contributed by atoms with Crippen molar-refractivity contribution in [3.8, 4) is 11.5 Å². The maximum Gasteiger partial charge on any atom is 0.170 e. The third-order valence-electron chi connectivity index (χ3n) is 6.94. The number of carbonyl (C=O) groups is 1. The molecule has 3 aliphatic rings. The van der Waals surface area contributed by atoms with Crippen LogP contribution < -0.4 is 19.3 Å². The van der Waals surface area contributed by atoms with Gasteiger partial charge in [-0.05, 0) is 26.1 Å². The number of nitrogens with zero attached hydrogens (tertiary/aromatic N) is 5. The maximum absolute atomic E-state index is 12.8. The molecule has 8 nitrogen and oxygen atoms in total. The van der Waals surface area contributed by atoms with Crippen LogP contribution in [0.15, 0.2) is 24.3 Å². The molecule has 8 heteroatoms. The first-order chi connectivity index (χ1) is 15.4. The predicted octanol–water partition coefficient (Wildman–Crippen LogP) is 2.55. The zero-order chi connectivity index (χ0) is 22.3. The summed E-state index contributed by atoms with van der Waals surface area (Å²) in [4.78, 5) is 29.2. The number of fused-ring (bicyclic) bond motifs is 1. The summed E-state index contributed by atoms with van der Waals surface area (Å²) in [6.45, 7) is 7.60. The van der Waals surface area contributed by atoms with E-state index >= 15 is 0 Å². The molecule has 3 aliphatic heterocycles. The number of carbonyl (C=O) groups excluding carboxylic acids is 1. The number of likely N-dealkylation sites (N-methyl/N-ethyl adjacent to an activating group) is 1. The van der Waals surface area contributed by atoms with Crippen molar-refractivity contribution >= 4 is 17.4 Å². The van der Waals surface area contributed by atoms with Crippen LogP contribution in [0, 0.1) is 6.92 Å². The van der Waals surface area contributed by atoms with Gasteiger partial charge in [0, 0.05) is 64.2 Å². The van der Waals surface area contributed by atoms with Crippen molar-refractivity contribution in [1.29, 1.82) is 0 Å². The van der Waals surface area contributed by atoms with Gasteiger partial charge in [-0.1, -0.05) is 0 Å². The van der Waals surface area contributed by atoms with Gasteiger partial charge in [0.25, 0.3) is 0 Å². The summed E-state index contributed by atoms with van der Waals surface area (Å²) in [5.74, 6) is 4.26. The number of methoxy groups -OCH3 is 1. The van der Waals surface area contributed by atoms with Gasteiger partial charge in [-0.2, -0.15) is 0 Å². The molecule has 5 rings (SSSR count). The van der Waals surface area contributed by atoms with Gasteiger partial charge < -0.3 is 24.2 Å². The number of Topliss-reactive ketones (excluding diaryl/α,β-unsaturated/α-hetero) is 1. The average Bonchev–Trinajstić information content (AvgIpc) is 2.79. The van der Waals surface area contributed by atoms with Crippen LogP contribution in [-0.2, 0) is 0 Å². The van der Waals surface area contributed by atoms with Gasteiger partial charge in [0.2, 0.25) is 0 Å². The minimum absolute atomic E-state index is 0.151. The van der Waals surface area contributed by atoms with Crippen LogP contribution in [0.25, 0.3) is 0 Å². The number of anilines is 2. The Balaban J connectivity index is 1.31. The molecule has 0 amide bonds. The van der Waals surface area contributed by atoms with E-state index < -0.39 is 5.60 Å².